The number of hydrogen-bond acceptors (Lipinski definition) is 5. The van der Waals surface area contributed by atoms with E-state index in [1.807, 2.05) is 0 Å². The van der Waals surface area contributed by atoms with E-state index in [0.717, 1.165) is 0 Å². The first-order valence-corrected chi connectivity index (χ1v) is 5.65. The van der Waals surface area contributed by atoms with E-state index in [1.165, 1.54) is 6.33 Å². The molecule has 5 N–H and O–H groups in total. The van der Waals surface area contributed by atoms with Gasteiger partial charge in [-0.3, -0.25) is 9.89 Å². The highest BCUT2D eigenvalue weighted by Gasteiger charge is 2.36. The summed E-state index contributed by atoms with van der Waals surface area (Å²) in [5.74, 6) is 0.319. The minimum absolute atomic E-state index is 0.0952. The van der Waals surface area contributed by atoms with Gasteiger partial charge < -0.3 is 16.3 Å². The maximum Gasteiger partial charge on any atom is 0.233 e. The lowest BCUT2D eigenvalue weighted by Crippen LogP contribution is -2.48. The molecular formula is C10H18N6O2. The summed E-state index contributed by atoms with van der Waals surface area (Å²) < 4.78 is 0. The Bertz CT molecular complexity index is 416. The molecule has 0 saturated heterocycles. The van der Waals surface area contributed by atoms with Gasteiger partial charge in [0.1, 0.15) is 17.6 Å². The maximum absolute atomic E-state index is 12.0. The summed E-state index contributed by atoms with van der Waals surface area (Å²) in [6, 6.07) is 0. The van der Waals surface area contributed by atoms with Gasteiger partial charge in [-0.1, -0.05) is 12.1 Å². The van der Waals surface area contributed by atoms with Crippen LogP contribution in [0, 0.1) is 5.41 Å². The quantitative estimate of drug-likeness (QED) is 0.238. The van der Waals surface area contributed by atoms with E-state index < -0.39 is 5.41 Å². The molecule has 1 unspecified atom stereocenters. The van der Waals surface area contributed by atoms with Gasteiger partial charge in [0.05, 0.1) is 0 Å². The third-order valence-corrected chi connectivity index (χ3v) is 2.99. The average Bonchev–Trinajstić information content (AvgIpc) is 2.89. The fraction of sp³-hybridized carbons (Fsp3) is 0.600. The third kappa shape index (κ3) is 2.96. The second kappa shape index (κ2) is 5.99. The summed E-state index contributed by atoms with van der Waals surface area (Å²) in [5, 5.41) is 20.7. The molecule has 18 heavy (non-hydrogen) atoms. The van der Waals surface area contributed by atoms with Gasteiger partial charge in [0.25, 0.3) is 0 Å². The van der Waals surface area contributed by atoms with Crippen LogP contribution in [0.15, 0.2) is 11.5 Å². The Morgan fingerprint density at radius 1 is 1.72 bits per heavy atom. The first kappa shape index (κ1) is 13.9. The van der Waals surface area contributed by atoms with Crippen molar-refractivity contribution in [3.63, 3.8) is 0 Å². The largest absolute Gasteiger partial charge is 0.409 e. The van der Waals surface area contributed by atoms with E-state index in [4.69, 9.17) is 10.9 Å². The minimum atomic E-state index is -1.00. The lowest BCUT2D eigenvalue weighted by molar-refractivity contribution is -0.127. The standard InChI is InChI=1S/C10H18N6O2/c1-3-10(2,8(11)16-18)9(17)12-5-4-7-13-6-14-15-7/h6,18H,3-5H2,1-2H3,(H2,11,16)(H,12,17)(H,13,14,15). The molecule has 0 fully saturated rings. The van der Waals surface area contributed by atoms with Crippen molar-refractivity contribution in [1.29, 1.82) is 0 Å². The van der Waals surface area contributed by atoms with E-state index in [-0.39, 0.29) is 11.7 Å². The lowest BCUT2D eigenvalue weighted by Gasteiger charge is -2.25. The SMILES string of the molecule is CCC(C)(C(=O)NCCc1ncn[nH]1)C(N)=NO. The lowest BCUT2D eigenvalue weighted by atomic mass is 9.85. The van der Waals surface area contributed by atoms with Gasteiger partial charge in [0, 0.05) is 13.0 Å². The second-order valence-corrected chi connectivity index (χ2v) is 4.11. The molecule has 0 aromatic carbocycles. The number of carbonyl (C=O) groups excluding carboxylic acids is 1. The summed E-state index contributed by atoms with van der Waals surface area (Å²) in [7, 11) is 0. The average molecular weight is 254 g/mol. The van der Waals surface area contributed by atoms with Gasteiger partial charge in [-0.25, -0.2) is 4.98 Å². The van der Waals surface area contributed by atoms with Crippen molar-refractivity contribution in [2.24, 2.45) is 16.3 Å². The predicted octanol–water partition coefficient (Wildman–Crippen LogP) is -0.374. The second-order valence-electron chi connectivity index (χ2n) is 4.11. The molecular weight excluding hydrogens is 236 g/mol. The highest BCUT2D eigenvalue weighted by atomic mass is 16.4. The molecule has 1 rings (SSSR count). The number of amidine groups is 1. The molecule has 0 spiro atoms. The summed E-state index contributed by atoms with van der Waals surface area (Å²) in [6.45, 7) is 3.84. The third-order valence-electron chi connectivity index (χ3n) is 2.99. The zero-order valence-corrected chi connectivity index (χ0v) is 10.5. The molecule has 0 saturated carbocycles. The molecule has 8 heteroatoms. The minimum Gasteiger partial charge on any atom is -0.409 e. The molecule has 0 aliphatic carbocycles. The number of hydrogen-bond donors (Lipinski definition) is 4. The Morgan fingerprint density at radius 2 is 2.44 bits per heavy atom. The zero-order valence-electron chi connectivity index (χ0n) is 10.5. The van der Waals surface area contributed by atoms with Gasteiger partial charge in [0.2, 0.25) is 5.91 Å². The Morgan fingerprint density at radius 3 is 2.94 bits per heavy atom. The topological polar surface area (TPSA) is 129 Å². The van der Waals surface area contributed by atoms with Gasteiger partial charge in [-0.2, -0.15) is 5.10 Å². The summed E-state index contributed by atoms with van der Waals surface area (Å²) in [4.78, 5) is 15.9. The molecule has 0 radical (unpaired) electrons. The highest BCUT2D eigenvalue weighted by Crippen LogP contribution is 2.21. The fourth-order valence-electron chi connectivity index (χ4n) is 1.41. The molecule has 0 bridgehead atoms. The monoisotopic (exact) mass is 254 g/mol. The van der Waals surface area contributed by atoms with E-state index >= 15 is 0 Å². The van der Waals surface area contributed by atoms with Crippen LogP contribution in [0.5, 0.6) is 0 Å². The number of nitrogens with one attached hydrogen (secondary N) is 2. The summed E-state index contributed by atoms with van der Waals surface area (Å²) in [6.07, 6.45) is 2.39. The van der Waals surface area contributed by atoms with Crippen molar-refractivity contribution in [3.8, 4) is 0 Å². The van der Waals surface area contributed by atoms with Crippen LogP contribution >= 0.6 is 0 Å². The van der Waals surface area contributed by atoms with Crippen molar-refractivity contribution in [1.82, 2.24) is 20.5 Å². The molecule has 0 aliphatic rings. The van der Waals surface area contributed by atoms with E-state index in [1.54, 1.807) is 13.8 Å². The van der Waals surface area contributed by atoms with Crippen molar-refractivity contribution < 1.29 is 10.0 Å². The number of amides is 1. The number of aromatic nitrogens is 3. The van der Waals surface area contributed by atoms with Crippen molar-refractivity contribution in [3.05, 3.63) is 12.2 Å². The maximum atomic E-state index is 12.0. The number of oxime groups is 1. The van der Waals surface area contributed by atoms with Crippen LogP contribution in [-0.2, 0) is 11.2 Å². The Balaban J connectivity index is 2.53. The Kier molecular flexibility index (Phi) is 4.64. The van der Waals surface area contributed by atoms with Crippen LogP contribution in [0.1, 0.15) is 26.1 Å². The first-order valence-electron chi connectivity index (χ1n) is 5.65. The molecule has 0 aliphatic heterocycles. The van der Waals surface area contributed by atoms with Crippen LogP contribution in [-0.4, -0.2) is 38.7 Å². The number of nitrogens with two attached hydrogens (primary N) is 1. The number of aromatic amines is 1. The molecule has 1 amide bonds. The van der Waals surface area contributed by atoms with E-state index in [2.05, 4.69) is 25.7 Å². The fourth-order valence-corrected chi connectivity index (χ4v) is 1.41. The number of carbonyl (C=O) groups is 1. The van der Waals surface area contributed by atoms with Crippen molar-refractivity contribution in [2.75, 3.05) is 6.54 Å². The van der Waals surface area contributed by atoms with Crippen molar-refractivity contribution >= 4 is 11.7 Å². The van der Waals surface area contributed by atoms with Gasteiger partial charge in [-0.05, 0) is 13.3 Å². The molecule has 1 aromatic heterocycles. The first-order chi connectivity index (χ1) is 8.54. The summed E-state index contributed by atoms with van der Waals surface area (Å²) in [5.41, 5.74) is 4.54. The van der Waals surface area contributed by atoms with Crippen LogP contribution in [0.2, 0.25) is 0 Å². The van der Waals surface area contributed by atoms with Crippen molar-refractivity contribution in [2.45, 2.75) is 26.7 Å². The Hall–Kier alpha value is -2.12. The molecule has 100 valence electrons. The predicted molar refractivity (Wildman–Crippen MR) is 64.9 cm³/mol. The molecule has 1 atom stereocenters. The number of H-pyrrole nitrogens is 1. The summed E-state index contributed by atoms with van der Waals surface area (Å²) >= 11 is 0. The Labute approximate surface area is 105 Å². The molecule has 1 aromatic rings. The van der Waals surface area contributed by atoms with Crippen LogP contribution in [0.25, 0.3) is 0 Å². The van der Waals surface area contributed by atoms with Crippen LogP contribution in [0.3, 0.4) is 0 Å². The molecule has 8 nitrogen and oxygen atoms in total. The molecule has 1 heterocycles. The smallest absolute Gasteiger partial charge is 0.233 e. The van der Waals surface area contributed by atoms with Crippen LogP contribution in [0.4, 0.5) is 0 Å². The zero-order chi connectivity index (χ0) is 13.6. The van der Waals surface area contributed by atoms with Gasteiger partial charge in [0.15, 0.2) is 5.84 Å². The van der Waals surface area contributed by atoms with Crippen LogP contribution < -0.4 is 11.1 Å². The number of rotatable bonds is 6. The van der Waals surface area contributed by atoms with Gasteiger partial charge >= 0.3 is 0 Å². The normalized spacial score (nSPS) is 15.1. The van der Waals surface area contributed by atoms with E-state index in [0.29, 0.717) is 25.2 Å². The number of nitrogens with zero attached hydrogens (tertiary/aromatic N) is 3. The highest BCUT2D eigenvalue weighted by molar-refractivity contribution is 6.06. The van der Waals surface area contributed by atoms with E-state index in [9.17, 15) is 4.79 Å². The van der Waals surface area contributed by atoms with Gasteiger partial charge in [-0.15, -0.1) is 0 Å².